The van der Waals surface area contributed by atoms with E-state index in [1.807, 2.05) is 23.6 Å². The van der Waals surface area contributed by atoms with Crippen molar-refractivity contribution in [1.82, 2.24) is 15.6 Å². The molecular weight excluding hydrogens is 431 g/mol. The highest BCUT2D eigenvalue weighted by Gasteiger charge is 2.08. The second kappa shape index (κ2) is 10.7. The summed E-state index contributed by atoms with van der Waals surface area (Å²) in [5.74, 6) is 0.846. The molecule has 24 heavy (non-hydrogen) atoms. The molecule has 0 spiro atoms. The first-order valence-electron chi connectivity index (χ1n) is 8.09. The lowest BCUT2D eigenvalue weighted by molar-refractivity contribution is 0.645. The summed E-state index contributed by atoms with van der Waals surface area (Å²) >= 11 is 1.86. The number of guanidine groups is 1. The molecule has 0 radical (unpaired) electrons. The standard InChI is InChI=1S/C18H26N4S.HI/c1-5-19-18(21-12-17-13(2)7-6-10-20-17)22-14(3)11-16-9-8-15(4)23-16;/h6-10,14H,5,11-12H2,1-4H3,(H2,19,21,22);1H. The maximum atomic E-state index is 4.67. The molecule has 0 aliphatic rings. The van der Waals surface area contributed by atoms with Gasteiger partial charge in [-0.25, -0.2) is 4.99 Å². The van der Waals surface area contributed by atoms with Gasteiger partial charge in [-0.15, -0.1) is 35.3 Å². The van der Waals surface area contributed by atoms with Crippen LogP contribution in [0.3, 0.4) is 0 Å². The molecule has 0 saturated heterocycles. The molecule has 0 saturated carbocycles. The summed E-state index contributed by atoms with van der Waals surface area (Å²) in [7, 11) is 0. The normalized spacial score (nSPS) is 12.4. The molecule has 2 rings (SSSR count). The van der Waals surface area contributed by atoms with Crippen LogP contribution in [0.15, 0.2) is 35.5 Å². The molecule has 0 aliphatic heterocycles. The van der Waals surface area contributed by atoms with Crippen LogP contribution in [0, 0.1) is 13.8 Å². The van der Waals surface area contributed by atoms with E-state index in [1.165, 1.54) is 15.3 Å². The number of nitrogens with one attached hydrogen (secondary N) is 2. The predicted molar refractivity (Wildman–Crippen MR) is 115 cm³/mol. The number of rotatable bonds is 6. The molecule has 0 fully saturated rings. The zero-order valence-corrected chi connectivity index (χ0v) is 17.9. The Balaban J connectivity index is 0.00000288. The number of thiophene rings is 1. The molecule has 2 aromatic heterocycles. The fraction of sp³-hybridized carbons (Fsp3) is 0.444. The first kappa shape index (κ1) is 20.9. The average Bonchev–Trinajstić information content (AvgIpc) is 2.91. The Bertz CT molecular complexity index is 654. The third kappa shape index (κ3) is 6.76. The highest BCUT2D eigenvalue weighted by atomic mass is 127. The smallest absolute Gasteiger partial charge is 0.191 e. The summed E-state index contributed by atoms with van der Waals surface area (Å²) in [5.41, 5.74) is 2.19. The Morgan fingerprint density at radius 1 is 1.29 bits per heavy atom. The van der Waals surface area contributed by atoms with E-state index in [4.69, 9.17) is 0 Å². The van der Waals surface area contributed by atoms with Gasteiger partial charge in [0.15, 0.2) is 5.96 Å². The lowest BCUT2D eigenvalue weighted by Gasteiger charge is -2.17. The van der Waals surface area contributed by atoms with Crippen molar-refractivity contribution in [2.45, 2.75) is 46.7 Å². The summed E-state index contributed by atoms with van der Waals surface area (Å²) in [6.07, 6.45) is 2.82. The number of aliphatic imine (C=N–C) groups is 1. The van der Waals surface area contributed by atoms with Crippen molar-refractivity contribution >= 4 is 41.3 Å². The Morgan fingerprint density at radius 2 is 2.08 bits per heavy atom. The fourth-order valence-electron chi connectivity index (χ4n) is 2.34. The van der Waals surface area contributed by atoms with Crippen molar-refractivity contribution in [1.29, 1.82) is 0 Å². The molecule has 0 aromatic carbocycles. The van der Waals surface area contributed by atoms with Gasteiger partial charge in [-0.1, -0.05) is 6.07 Å². The molecule has 2 aromatic rings. The van der Waals surface area contributed by atoms with Crippen LogP contribution in [0.2, 0.25) is 0 Å². The Morgan fingerprint density at radius 3 is 2.71 bits per heavy atom. The molecule has 4 nitrogen and oxygen atoms in total. The Labute approximate surface area is 166 Å². The van der Waals surface area contributed by atoms with Gasteiger partial charge in [0.1, 0.15) is 0 Å². The predicted octanol–water partition coefficient (Wildman–Crippen LogP) is 4.06. The molecule has 1 unspecified atom stereocenters. The van der Waals surface area contributed by atoms with Crippen molar-refractivity contribution in [2.24, 2.45) is 4.99 Å². The van der Waals surface area contributed by atoms with Crippen LogP contribution in [0.4, 0.5) is 0 Å². The van der Waals surface area contributed by atoms with Crippen molar-refractivity contribution in [3.63, 3.8) is 0 Å². The molecular formula is C18H27IN4S. The molecule has 6 heteroatoms. The van der Waals surface area contributed by atoms with Gasteiger partial charge in [0, 0.05) is 35.0 Å². The first-order valence-corrected chi connectivity index (χ1v) is 8.90. The maximum Gasteiger partial charge on any atom is 0.191 e. The van der Waals surface area contributed by atoms with Crippen LogP contribution in [0.5, 0.6) is 0 Å². The van der Waals surface area contributed by atoms with E-state index in [1.54, 1.807) is 0 Å². The van der Waals surface area contributed by atoms with Gasteiger partial charge < -0.3 is 10.6 Å². The van der Waals surface area contributed by atoms with Crippen LogP contribution in [-0.2, 0) is 13.0 Å². The zero-order chi connectivity index (χ0) is 16.7. The fourth-order valence-corrected chi connectivity index (χ4v) is 3.36. The minimum Gasteiger partial charge on any atom is -0.357 e. The van der Waals surface area contributed by atoms with Crippen LogP contribution in [-0.4, -0.2) is 23.5 Å². The van der Waals surface area contributed by atoms with Gasteiger partial charge in [-0.3, -0.25) is 4.98 Å². The number of aromatic nitrogens is 1. The third-order valence-corrected chi connectivity index (χ3v) is 4.56. The molecule has 1 atom stereocenters. The summed E-state index contributed by atoms with van der Waals surface area (Å²) in [6.45, 7) is 9.92. The second-order valence-electron chi connectivity index (χ2n) is 5.72. The first-order chi connectivity index (χ1) is 11.1. The van der Waals surface area contributed by atoms with Gasteiger partial charge in [0.2, 0.25) is 0 Å². The number of hydrogen-bond donors (Lipinski definition) is 2. The van der Waals surface area contributed by atoms with Crippen LogP contribution in [0.1, 0.15) is 34.9 Å². The summed E-state index contributed by atoms with van der Waals surface area (Å²) in [6, 6.07) is 8.74. The zero-order valence-electron chi connectivity index (χ0n) is 14.8. The van der Waals surface area contributed by atoms with Crippen LogP contribution in [0.25, 0.3) is 0 Å². The minimum atomic E-state index is 0. The quantitative estimate of drug-likeness (QED) is 0.390. The van der Waals surface area contributed by atoms with E-state index < -0.39 is 0 Å². The highest BCUT2D eigenvalue weighted by molar-refractivity contribution is 14.0. The van der Waals surface area contributed by atoms with Gasteiger partial charge in [0.05, 0.1) is 12.2 Å². The topological polar surface area (TPSA) is 49.3 Å². The Hall–Kier alpha value is -1.15. The van der Waals surface area contributed by atoms with Gasteiger partial charge in [0.25, 0.3) is 0 Å². The van der Waals surface area contributed by atoms with E-state index in [9.17, 15) is 0 Å². The minimum absolute atomic E-state index is 0. The monoisotopic (exact) mass is 458 g/mol. The van der Waals surface area contributed by atoms with E-state index in [0.29, 0.717) is 12.6 Å². The molecule has 0 bridgehead atoms. The summed E-state index contributed by atoms with van der Waals surface area (Å²) in [4.78, 5) is 11.8. The van der Waals surface area contributed by atoms with Crippen molar-refractivity contribution in [3.05, 3.63) is 51.5 Å². The van der Waals surface area contributed by atoms with E-state index in [0.717, 1.165) is 24.6 Å². The number of nitrogens with zero attached hydrogens (tertiary/aromatic N) is 2. The molecule has 2 heterocycles. The number of aryl methyl sites for hydroxylation is 2. The second-order valence-corrected chi connectivity index (χ2v) is 7.10. The lowest BCUT2D eigenvalue weighted by Crippen LogP contribution is -2.43. The van der Waals surface area contributed by atoms with Crippen LogP contribution >= 0.6 is 35.3 Å². The number of halogens is 1. The van der Waals surface area contributed by atoms with Gasteiger partial charge in [-0.05, 0) is 51.5 Å². The SMILES string of the molecule is CCNC(=NCc1ncccc1C)NC(C)Cc1ccc(C)s1.I. The van der Waals surface area contributed by atoms with Crippen LogP contribution < -0.4 is 10.6 Å². The van der Waals surface area contributed by atoms with E-state index in [2.05, 4.69) is 66.5 Å². The largest absolute Gasteiger partial charge is 0.357 e. The molecule has 132 valence electrons. The Kier molecular flexibility index (Phi) is 9.28. The summed E-state index contributed by atoms with van der Waals surface area (Å²) < 4.78 is 0. The average molecular weight is 458 g/mol. The van der Waals surface area contributed by atoms with E-state index >= 15 is 0 Å². The van der Waals surface area contributed by atoms with Crippen molar-refractivity contribution < 1.29 is 0 Å². The van der Waals surface area contributed by atoms with E-state index in [-0.39, 0.29) is 24.0 Å². The lowest BCUT2D eigenvalue weighted by atomic mass is 10.2. The third-order valence-electron chi connectivity index (χ3n) is 3.54. The van der Waals surface area contributed by atoms with Crippen molar-refractivity contribution in [2.75, 3.05) is 6.54 Å². The highest BCUT2D eigenvalue weighted by Crippen LogP contribution is 2.16. The number of hydrogen-bond acceptors (Lipinski definition) is 3. The van der Waals surface area contributed by atoms with Gasteiger partial charge in [-0.2, -0.15) is 0 Å². The number of pyridine rings is 1. The van der Waals surface area contributed by atoms with Gasteiger partial charge >= 0.3 is 0 Å². The molecule has 2 N–H and O–H groups in total. The molecule has 0 aliphatic carbocycles. The molecule has 0 amide bonds. The van der Waals surface area contributed by atoms with Crippen molar-refractivity contribution in [3.8, 4) is 0 Å². The summed E-state index contributed by atoms with van der Waals surface area (Å²) in [5, 5.41) is 6.79. The maximum absolute atomic E-state index is 4.67.